The van der Waals surface area contributed by atoms with Gasteiger partial charge < -0.3 is 9.63 Å². The molecule has 1 aliphatic carbocycles. The number of ether oxygens (including phenoxy) is 1. The Morgan fingerprint density at radius 1 is 1.23 bits per heavy atom. The van der Waals surface area contributed by atoms with Gasteiger partial charge in [0.1, 0.15) is 0 Å². The summed E-state index contributed by atoms with van der Waals surface area (Å²) in [7, 11) is -3.89. The van der Waals surface area contributed by atoms with Crippen LogP contribution >= 0.6 is 7.60 Å². The number of esters is 1. The van der Waals surface area contributed by atoms with Gasteiger partial charge in [-0.2, -0.15) is 0 Å². The summed E-state index contributed by atoms with van der Waals surface area (Å²) in [6.07, 6.45) is 3.74. The second-order valence-corrected chi connectivity index (χ2v) is 7.45. The van der Waals surface area contributed by atoms with Crippen molar-refractivity contribution in [2.75, 3.05) is 0 Å². The Hall–Kier alpha value is -1.16. The van der Waals surface area contributed by atoms with Crippen LogP contribution in [0.4, 0.5) is 0 Å². The lowest BCUT2D eigenvalue weighted by atomic mass is 9.94. The molecular formula is C16H23O5P. The van der Waals surface area contributed by atoms with Crippen molar-refractivity contribution in [1.29, 1.82) is 0 Å². The van der Waals surface area contributed by atoms with Crippen LogP contribution < -0.4 is 0 Å². The third-order valence-electron chi connectivity index (χ3n) is 3.74. The van der Waals surface area contributed by atoms with Crippen LogP contribution in [-0.2, 0) is 24.8 Å². The minimum Gasteiger partial charge on any atom is -0.433 e. The smallest absolute Gasteiger partial charge is 0.335 e. The van der Waals surface area contributed by atoms with Crippen molar-refractivity contribution >= 4 is 13.6 Å². The molecule has 0 aliphatic heterocycles. The SMILES string of the molecule is CCC(=O)OC1(OP(=O)(O)Cc2ccccc2)CCCCC1. The van der Waals surface area contributed by atoms with Crippen LogP contribution in [-0.4, -0.2) is 16.6 Å². The van der Waals surface area contributed by atoms with E-state index < -0.39 is 19.4 Å². The first kappa shape index (κ1) is 17.2. The summed E-state index contributed by atoms with van der Waals surface area (Å²) in [6.45, 7) is 1.70. The van der Waals surface area contributed by atoms with E-state index in [-0.39, 0.29) is 12.6 Å². The van der Waals surface area contributed by atoms with Gasteiger partial charge in [-0.3, -0.25) is 13.9 Å². The van der Waals surface area contributed by atoms with E-state index in [1.54, 1.807) is 19.1 Å². The van der Waals surface area contributed by atoms with Gasteiger partial charge in [-0.05, 0) is 18.4 Å². The van der Waals surface area contributed by atoms with E-state index in [1.165, 1.54) is 0 Å². The molecule has 1 aliphatic rings. The molecule has 6 heteroatoms. The molecule has 22 heavy (non-hydrogen) atoms. The number of carbonyl (C=O) groups is 1. The van der Waals surface area contributed by atoms with E-state index in [1.807, 2.05) is 18.2 Å². The average Bonchev–Trinajstić information content (AvgIpc) is 2.47. The fourth-order valence-electron chi connectivity index (χ4n) is 2.69. The molecule has 1 unspecified atom stereocenters. The van der Waals surface area contributed by atoms with Crippen LogP contribution in [0.2, 0.25) is 0 Å². The third kappa shape index (κ3) is 4.94. The van der Waals surface area contributed by atoms with E-state index in [4.69, 9.17) is 9.26 Å². The fraction of sp³-hybridized carbons (Fsp3) is 0.562. The quantitative estimate of drug-likeness (QED) is 0.486. The van der Waals surface area contributed by atoms with Gasteiger partial charge in [0.15, 0.2) is 0 Å². The van der Waals surface area contributed by atoms with Gasteiger partial charge in [0.2, 0.25) is 5.79 Å². The molecular weight excluding hydrogens is 303 g/mol. The standard InChI is InChI=1S/C16H23O5P/c1-2-15(17)20-16(11-7-4-8-12-16)21-22(18,19)13-14-9-5-3-6-10-14/h3,5-6,9-10H,2,4,7-8,11-13H2,1H3,(H,18,19). The van der Waals surface area contributed by atoms with Crippen molar-refractivity contribution < 1.29 is 23.5 Å². The van der Waals surface area contributed by atoms with Crippen LogP contribution in [0.3, 0.4) is 0 Å². The van der Waals surface area contributed by atoms with E-state index in [9.17, 15) is 14.3 Å². The average molecular weight is 326 g/mol. The maximum atomic E-state index is 12.5. The summed E-state index contributed by atoms with van der Waals surface area (Å²) in [5.74, 6) is -1.65. The summed E-state index contributed by atoms with van der Waals surface area (Å²) in [5.41, 5.74) is 0.723. The summed E-state index contributed by atoms with van der Waals surface area (Å²) in [4.78, 5) is 21.9. The van der Waals surface area contributed by atoms with Crippen molar-refractivity contribution in [3.8, 4) is 0 Å². The summed E-state index contributed by atoms with van der Waals surface area (Å²) in [5, 5.41) is 0. The molecule has 1 fully saturated rings. The van der Waals surface area contributed by atoms with Crippen LogP contribution in [0, 0.1) is 0 Å². The lowest BCUT2D eigenvalue weighted by Crippen LogP contribution is -2.39. The van der Waals surface area contributed by atoms with E-state index in [2.05, 4.69) is 0 Å². The Labute approximate surface area is 131 Å². The second-order valence-electron chi connectivity index (χ2n) is 5.67. The zero-order valence-electron chi connectivity index (χ0n) is 12.9. The van der Waals surface area contributed by atoms with Crippen LogP contribution in [0.15, 0.2) is 30.3 Å². The van der Waals surface area contributed by atoms with Crippen LogP contribution in [0.5, 0.6) is 0 Å². The highest BCUT2D eigenvalue weighted by atomic mass is 31.2. The minimum absolute atomic E-state index is 0.0841. The van der Waals surface area contributed by atoms with Gasteiger partial charge in [-0.15, -0.1) is 0 Å². The Balaban J connectivity index is 2.11. The highest BCUT2D eigenvalue weighted by Gasteiger charge is 2.42. The number of benzene rings is 1. The summed E-state index contributed by atoms with van der Waals surface area (Å²) >= 11 is 0. The fourth-order valence-corrected chi connectivity index (χ4v) is 4.17. The molecule has 2 rings (SSSR count). The van der Waals surface area contributed by atoms with Crippen molar-refractivity contribution in [3.63, 3.8) is 0 Å². The largest absolute Gasteiger partial charge is 0.433 e. The molecule has 1 atom stereocenters. The minimum atomic E-state index is -3.89. The molecule has 0 bridgehead atoms. The van der Waals surface area contributed by atoms with Gasteiger partial charge in [-0.25, -0.2) is 0 Å². The second kappa shape index (κ2) is 7.40. The highest BCUT2D eigenvalue weighted by molar-refractivity contribution is 7.52. The molecule has 0 amide bonds. The van der Waals surface area contributed by atoms with Gasteiger partial charge in [0.05, 0.1) is 6.16 Å². The van der Waals surface area contributed by atoms with Crippen molar-refractivity contribution in [2.24, 2.45) is 0 Å². The number of hydrogen-bond acceptors (Lipinski definition) is 4. The molecule has 1 saturated carbocycles. The van der Waals surface area contributed by atoms with Crippen molar-refractivity contribution in [1.82, 2.24) is 0 Å². The van der Waals surface area contributed by atoms with Crippen LogP contribution in [0.1, 0.15) is 51.0 Å². The van der Waals surface area contributed by atoms with E-state index in [0.29, 0.717) is 12.8 Å². The molecule has 1 N–H and O–H groups in total. The Morgan fingerprint density at radius 3 is 2.45 bits per heavy atom. The maximum absolute atomic E-state index is 12.5. The van der Waals surface area contributed by atoms with Crippen molar-refractivity contribution in [3.05, 3.63) is 35.9 Å². The monoisotopic (exact) mass is 326 g/mol. The Kier molecular flexibility index (Phi) is 5.79. The predicted octanol–water partition coefficient (Wildman–Crippen LogP) is 4.00. The number of rotatable bonds is 6. The summed E-state index contributed by atoms with van der Waals surface area (Å²) < 4.78 is 23.4. The van der Waals surface area contributed by atoms with E-state index >= 15 is 0 Å². The molecule has 5 nitrogen and oxygen atoms in total. The molecule has 1 aromatic carbocycles. The topological polar surface area (TPSA) is 72.8 Å². The van der Waals surface area contributed by atoms with Crippen LogP contribution in [0.25, 0.3) is 0 Å². The van der Waals surface area contributed by atoms with Gasteiger partial charge in [0.25, 0.3) is 0 Å². The normalized spacial score (nSPS) is 20.1. The number of hydrogen-bond donors (Lipinski definition) is 1. The third-order valence-corrected chi connectivity index (χ3v) is 5.12. The molecule has 122 valence electrons. The highest BCUT2D eigenvalue weighted by Crippen LogP contribution is 2.52. The molecule has 1 aromatic rings. The Morgan fingerprint density at radius 2 is 1.86 bits per heavy atom. The molecule has 0 heterocycles. The Bertz CT molecular complexity index is 537. The predicted molar refractivity (Wildman–Crippen MR) is 83.3 cm³/mol. The first-order chi connectivity index (χ1) is 10.4. The van der Waals surface area contributed by atoms with E-state index in [0.717, 1.165) is 24.8 Å². The first-order valence-corrected chi connectivity index (χ1v) is 9.49. The lowest BCUT2D eigenvalue weighted by Gasteiger charge is -2.37. The lowest BCUT2D eigenvalue weighted by molar-refractivity contribution is -0.209. The summed E-state index contributed by atoms with van der Waals surface area (Å²) in [6, 6.07) is 9.01. The molecule has 0 spiro atoms. The maximum Gasteiger partial charge on any atom is 0.335 e. The first-order valence-electron chi connectivity index (χ1n) is 7.73. The molecule has 0 aromatic heterocycles. The number of carbonyl (C=O) groups excluding carboxylic acids is 1. The van der Waals surface area contributed by atoms with Gasteiger partial charge >= 0.3 is 13.6 Å². The molecule has 0 radical (unpaired) electrons. The van der Waals surface area contributed by atoms with Gasteiger partial charge in [-0.1, -0.05) is 43.7 Å². The zero-order chi connectivity index (χ0) is 16.1. The van der Waals surface area contributed by atoms with Crippen molar-refractivity contribution in [2.45, 2.75) is 57.4 Å². The molecule has 0 saturated heterocycles. The zero-order valence-corrected chi connectivity index (χ0v) is 13.8. The van der Waals surface area contributed by atoms with Gasteiger partial charge in [0, 0.05) is 19.3 Å².